The molecule has 1 spiro atoms. The number of anilines is 1. The Balaban J connectivity index is 1.37. The SMILES string of the molecule is Cc1cc(Cl)ccc1S(=O)(=O)N1CC2(CCN(CCc3ccccc3)CC2)c2ccccc21. The zero-order valence-electron chi connectivity index (χ0n) is 18.9. The van der Waals surface area contributed by atoms with E-state index in [0.29, 0.717) is 22.0 Å². The zero-order valence-corrected chi connectivity index (χ0v) is 20.4. The summed E-state index contributed by atoms with van der Waals surface area (Å²) >= 11 is 6.09. The monoisotopic (exact) mass is 480 g/mol. The van der Waals surface area contributed by atoms with Crippen LogP contribution in [0.15, 0.2) is 77.7 Å². The van der Waals surface area contributed by atoms with Crippen LogP contribution in [0, 0.1) is 6.92 Å². The molecule has 1 saturated heterocycles. The highest BCUT2D eigenvalue weighted by atomic mass is 35.5. The van der Waals surface area contributed by atoms with Gasteiger partial charge in [-0.1, -0.05) is 60.1 Å². The molecule has 2 aliphatic heterocycles. The summed E-state index contributed by atoms with van der Waals surface area (Å²) in [6, 6.07) is 23.6. The van der Waals surface area contributed by atoms with Gasteiger partial charge in [-0.3, -0.25) is 4.31 Å². The summed E-state index contributed by atoms with van der Waals surface area (Å²) in [7, 11) is -3.67. The molecule has 0 unspecified atom stereocenters. The van der Waals surface area contributed by atoms with E-state index < -0.39 is 10.0 Å². The maximum atomic E-state index is 13.8. The Labute approximate surface area is 201 Å². The normalized spacial score (nSPS) is 17.9. The number of aryl methyl sites for hydroxylation is 1. The third-order valence-electron chi connectivity index (χ3n) is 7.27. The molecule has 172 valence electrons. The van der Waals surface area contributed by atoms with Crippen molar-refractivity contribution >= 4 is 27.3 Å². The highest BCUT2D eigenvalue weighted by molar-refractivity contribution is 7.93. The van der Waals surface area contributed by atoms with Crippen molar-refractivity contribution in [2.75, 3.05) is 30.5 Å². The van der Waals surface area contributed by atoms with E-state index in [0.717, 1.165) is 44.6 Å². The van der Waals surface area contributed by atoms with E-state index in [1.54, 1.807) is 22.5 Å². The van der Waals surface area contributed by atoms with Gasteiger partial charge in [0.1, 0.15) is 0 Å². The van der Waals surface area contributed by atoms with E-state index in [-0.39, 0.29) is 5.41 Å². The summed E-state index contributed by atoms with van der Waals surface area (Å²) in [5.41, 5.74) is 3.90. The van der Waals surface area contributed by atoms with E-state index in [1.807, 2.05) is 25.1 Å². The molecule has 6 heteroatoms. The van der Waals surface area contributed by atoms with Crippen LogP contribution in [-0.4, -0.2) is 39.5 Å². The van der Waals surface area contributed by atoms with E-state index in [9.17, 15) is 8.42 Å². The first kappa shape index (κ1) is 22.5. The van der Waals surface area contributed by atoms with Gasteiger partial charge in [0.15, 0.2) is 0 Å². The van der Waals surface area contributed by atoms with Gasteiger partial charge in [-0.05, 0) is 80.2 Å². The summed E-state index contributed by atoms with van der Waals surface area (Å²) in [5.74, 6) is 0. The Kier molecular flexibility index (Phi) is 5.98. The predicted molar refractivity (Wildman–Crippen MR) is 135 cm³/mol. The second kappa shape index (κ2) is 8.79. The molecular formula is C27H29ClN2O2S. The first-order valence-electron chi connectivity index (χ1n) is 11.5. The molecule has 0 aromatic heterocycles. The van der Waals surface area contributed by atoms with Gasteiger partial charge in [-0.2, -0.15) is 0 Å². The zero-order chi connectivity index (χ0) is 23.1. The lowest BCUT2D eigenvalue weighted by atomic mass is 9.74. The number of nitrogens with zero attached hydrogens (tertiary/aromatic N) is 2. The number of rotatable bonds is 5. The molecule has 2 heterocycles. The minimum Gasteiger partial charge on any atom is -0.303 e. The van der Waals surface area contributed by atoms with Crippen molar-refractivity contribution in [3.8, 4) is 0 Å². The van der Waals surface area contributed by atoms with E-state index in [4.69, 9.17) is 11.6 Å². The quantitative estimate of drug-likeness (QED) is 0.488. The molecular weight excluding hydrogens is 452 g/mol. The lowest BCUT2D eigenvalue weighted by molar-refractivity contribution is 0.169. The molecule has 33 heavy (non-hydrogen) atoms. The fourth-order valence-corrected chi connectivity index (χ4v) is 7.39. The third kappa shape index (κ3) is 4.18. The lowest BCUT2D eigenvalue weighted by Crippen LogP contribution is -2.46. The van der Waals surface area contributed by atoms with Crippen LogP contribution in [0.25, 0.3) is 0 Å². The molecule has 0 N–H and O–H groups in total. The van der Waals surface area contributed by atoms with Crippen molar-refractivity contribution in [1.29, 1.82) is 0 Å². The molecule has 1 fully saturated rings. The van der Waals surface area contributed by atoms with Gasteiger partial charge in [0.25, 0.3) is 10.0 Å². The highest BCUT2D eigenvalue weighted by Gasteiger charge is 2.48. The minimum absolute atomic E-state index is 0.132. The number of para-hydroxylation sites is 1. The van der Waals surface area contributed by atoms with Gasteiger partial charge < -0.3 is 4.90 Å². The number of hydrogen-bond acceptors (Lipinski definition) is 3. The molecule has 0 saturated carbocycles. The van der Waals surface area contributed by atoms with Crippen LogP contribution in [0.3, 0.4) is 0 Å². The molecule has 0 atom stereocenters. The van der Waals surface area contributed by atoms with Crippen LogP contribution in [0.4, 0.5) is 5.69 Å². The molecule has 0 radical (unpaired) electrons. The van der Waals surface area contributed by atoms with E-state index in [2.05, 4.69) is 41.3 Å². The first-order valence-corrected chi connectivity index (χ1v) is 13.4. The van der Waals surface area contributed by atoms with Gasteiger partial charge in [-0.15, -0.1) is 0 Å². The average molecular weight is 481 g/mol. The Hall–Kier alpha value is -2.34. The Morgan fingerprint density at radius 3 is 2.36 bits per heavy atom. The molecule has 3 aromatic carbocycles. The van der Waals surface area contributed by atoms with Crippen LogP contribution in [0.2, 0.25) is 5.02 Å². The van der Waals surface area contributed by atoms with Crippen molar-refractivity contribution in [1.82, 2.24) is 4.90 Å². The molecule has 0 amide bonds. The number of halogens is 1. The van der Waals surface area contributed by atoms with Crippen LogP contribution in [0.1, 0.15) is 29.5 Å². The van der Waals surface area contributed by atoms with Crippen molar-refractivity contribution < 1.29 is 8.42 Å². The Bertz CT molecular complexity index is 1250. The van der Waals surface area contributed by atoms with Gasteiger partial charge in [0, 0.05) is 23.5 Å². The molecule has 4 nitrogen and oxygen atoms in total. The standard InChI is InChI=1S/C27H29ClN2O2S/c1-21-19-23(28)11-12-26(21)33(31,32)30-20-27(24-9-5-6-10-25(24)30)14-17-29(18-15-27)16-13-22-7-3-2-4-8-22/h2-12,19H,13-18,20H2,1H3. The van der Waals surface area contributed by atoms with Gasteiger partial charge in [-0.25, -0.2) is 8.42 Å². The Morgan fingerprint density at radius 1 is 0.939 bits per heavy atom. The van der Waals surface area contributed by atoms with Crippen molar-refractivity contribution in [3.05, 3.63) is 94.5 Å². The number of hydrogen-bond donors (Lipinski definition) is 0. The minimum atomic E-state index is -3.67. The molecule has 0 aliphatic carbocycles. The first-order chi connectivity index (χ1) is 15.9. The van der Waals surface area contributed by atoms with Gasteiger partial charge in [0.2, 0.25) is 0 Å². The molecule has 2 aliphatic rings. The largest absolute Gasteiger partial charge is 0.303 e. The van der Waals surface area contributed by atoms with Crippen LogP contribution in [0.5, 0.6) is 0 Å². The van der Waals surface area contributed by atoms with E-state index >= 15 is 0 Å². The van der Waals surface area contributed by atoms with Crippen LogP contribution < -0.4 is 4.31 Å². The summed E-state index contributed by atoms with van der Waals surface area (Å²) in [6.45, 7) is 5.31. The molecule has 5 rings (SSSR count). The fraction of sp³-hybridized carbons (Fsp3) is 0.333. The van der Waals surface area contributed by atoms with Crippen molar-refractivity contribution in [2.45, 2.75) is 36.5 Å². The number of benzene rings is 3. The Morgan fingerprint density at radius 2 is 1.64 bits per heavy atom. The van der Waals surface area contributed by atoms with Crippen molar-refractivity contribution in [2.24, 2.45) is 0 Å². The smallest absolute Gasteiger partial charge is 0.264 e. The molecule has 3 aromatic rings. The number of fused-ring (bicyclic) bond motifs is 2. The number of piperidine rings is 1. The third-order valence-corrected chi connectivity index (χ3v) is 9.42. The second-order valence-electron chi connectivity index (χ2n) is 9.30. The summed E-state index contributed by atoms with van der Waals surface area (Å²) in [6.07, 6.45) is 2.97. The predicted octanol–water partition coefficient (Wildman–Crippen LogP) is 5.43. The second-order valence-corrected chi connectivity index (χ2v) is 11.6. The van der Waals surface area contributed by atoms with Gasteiger partial charge in [0.05, 0.1) is 10.6 Å². The lowest BCUT2D eigenvalue weighted by Gasteiger charge is -2.40. The van der Waals surface area contributed by atoms with E-state index in [1.165, 1.54) is 11.1 Å². The topological polar surface area (TPSA) is 40.6 Å². The van der Waals surface area contributed by atoms with Crippen LogP contribution in [-0.2, 0) is 21.9 Å². The van der Waals surface area contributed by atoms with Crippen molar-refractivity contribution in [3.63, 3.8) is 0 Å². The molecule has 0 bridgehead atoms. The average Bonchev–Trinajstić information content (AvgIpc) is 3.14. The maximum Gasteiger partial charge on any atom is 0.264 e. The fourth-order valence-electron chi connectivity index (χ4n) is 5.38. The number of likely N-dealkylation sites (tertiary alicyclic amines) is 1. The maximum absolute atomic E-state index is 13.8. The summed E-state index contributed by atoms with van der Waals surface area (Å²) in [5, 5.41) is 0.549. The van der Waals surface area contributed by atoms with Gasteiger partial charge >= 0.3 is 0 Å². The summed E-state index contributed by atoms with van der Waals surface area (Å²) < 4.78 is 29.1. The highest BCUT2D eigenvalue weighted by Crippen LogP contribution is 2.49. The number of sulfonamides is 1. The van der Waals surface area contributed by atoms with Crippen LogP contribution >= 0.6 is 11.6 Å². The summed E-state index contributed by atoms with van der Waals surface area (Å²) in [4.78, 5) is 2.85.